The van der Waals surface area contributed by atoms with Crippen molar-refractivity contribution >= 4 is 31.9 Å². The van der Waals surface area contributed by atoms with Crippen LogP contribution in [0.4, 0.5) is 0 Å². The van der Waals surface area contributed by atoms with Gasteiger partial charge < -0.3 is 5.32 Å². The first kappa shape index (κ1) is 14.8. The van der Waals surface area contributed by atoms with Gasteiger partial charge in [-0.2, -0.15) is 5.10 Å². The molecule has 3 nitrogen and oxygen atoms in total. The van der Waals surface area contributed by atoms with E-state index in [1.54, 1.807) is 0 Å². The van der Waals surface area contributed by atoms with Crippen LogP contribution in [0.15, 0.2) is 39.4 Å². The largest absolute Gasteiger partial charge is 0.305 e. The van der Waals surface area contributed by atoms with Crippen molar-refractivity contribution < 1.29 is 0 Å². The SMILES string of the molecule is CCCNC(c1cc(Br)cc(Br)c1)c1ccn(C)n1. The van der Waals surface area contributed by atoms with E-state index in [1.165, 1.54) is 5.56 Å². The van der Waals surface area contributed by atoms with Crippen LogP contribution >= 0.6 is 31.9 Å². The Hall–Kier alpha value is -0.650. The van der Waals surface area contributed by atoms with Crippen LogP contribution in [0.2, 0.25) is 0 Å². The summed E-state index contributed by atoms with van der Waals surface area (Å²) in [6.07, 6.45) is 3.07. The van der Waals surface area contributed by atoms with E-state index in [4.69, 9.17) is 0 Å². The minimum absolute atomic E-state index is 0.120. The van der Waals surface area contributed by atoms with Gasteiger partial charge in [0.25, 0.3) is 0 Å². The maximum atomic E-state index is 4.52. The molecule has 0 amide bonds. The van der Waals surface area contributed by atoms with E-state index in [0.29, 0.717) is 0 Å². The molecule has 1 N–H and O–H groups in total. The Labute approximate surface area is 130 Å². The van der Waals surface area contributed by atoms with Crippen LogP contribution in [-0.4, -0.2) is 16.3 Å². The van der Waals surface area contributed by atoms with Crippen LogP contribution in [0.3, 0.4) is 0 Å². The van der Waals surface area contributed by atoms with E-state index in [9.17, 15) is 0 Å². The molecule has 0 saturated heterocycles. The molecule has 19 heavy (non-hydrogen) atoms. The zero-order valence-corrected chi connectivity index (χ0v) is 14.2. The van der Waals surface area contributed by atoms with Gasteiger partial charge >= 0.3 is 0 Å². The van der Waals surface area contributed by atoms with Crippen molar-refractivity contribution in [1.29, 1.82) is 0 Å². The predicted molar refractivity (Wildman–Crippen MR) is 85.2 cm³/mol. The molecule has 0 fully saturated rings. The summed E-state index contributed by atoms with van der Waals surface area (Å²) in [5.74, 6) is 0. The lowest BCUT2D eigenvalue weighted by molar-refractivity contribution is 0.575. The Morgan fingerprint density at radius 1 is 1.26 bits per heavy atom. The number of nitrogens with zero attached hydrogens (tertiary/aromatic N) is 2. The summed E-state index contributed by atoms with van der Waals surface area (Å²) in [4.78, 5) is 0. The van der Waals surface area contributed by atoms with Gasteiger partial charge in [0.05, 0.1) is 11.7 Å². The van der Waals surface area contributed by atoms with E-state index in [-0.39, 0.29) is 6.04 Å². The quantitative estimate of drug-likeness (QED) is 0.840. The van der Waals surface area contributed by atoms with Crippen molar-refractivity contribution in [1.82, 2.24) is 15.1 Å². The lowest BCUT2D eigenvalue weighted by Gasteiger charge is -2.17. The average Bonchev–Trinajstić information content (AvgIpc) is 2.75. The number of halogens is 2. The third-order valence-electron chi connectivity index (χ3n) is 2.85. The van der Waals surface area contributed by atoms with Crippen molar-refractivity contribution in [3.8, 4) is 0 Å². The molecule has 1 aromatic carbocycles. The highest BCUT2D eigenvalue weighted by atomic mass is 79.9. The maximum absolute atomic E-state index is 4.52. The van der Waals surface area contributed by atoms with Crippen molar-refractivity contribution in [2.24, 2.45) is 7.05 Å². The second-order valence-electron chi connectivity index (χ2n) is 4.50. The predicted octanol–water partition coefficient (Wildman–Crippen LogP) is 4.03. The first-order valence-corrected chi connectivity index (χ1v) is 7.87. The molecule has 1 aromatic heterocycles. The summed E-state index contributed by atoms with van der Waals surface area (Å²) in [6, 6.07) is 8.48. The van der Waals surface area contributed by atoms with Gasteiger partial charge in [0.15, 0.2) is 0 Å². The van der Waals surface area contributed by atoms with Crippen molar-refractivity contribution in [2.45, 2.75) is 19.4 Å². The Morgan fingerprint density at radius 2 is 1.95 bits per heavy atom. The fraction of sp³-hybridized carbons (Fsp3) is 0.357. The number of hydrogen-bond donors (Lipinski definition) is 1. The maximum Gasteiger partial charge on any atom is 0.0839 e. The third kappa shape index (κ3) is 3.91. The number of rotatable bonds is 5. The van der Waals surface area contributed by atoms with E-state index >= 15 is 0 Å². The topological polar surface area (TPSA) is 29.9 Å². The molecule has 102 valence electrons. The molecule has 0 aliphatic carbocycles. The summed E-state index contributed by atoms with van der Waals surface area (Å²) in [7, 11) is 1.94. The van der Waals surface area contributed by atoms with Crippen molar-refractivity contribution in [3.63, 3.8) is 0 Å². The molecular formula is C14H17Br2N3. The summed E-state index contributed by atoms with van der Waals surface area (Å²) in [6.45, 7) is 3.13. The minimum atomic E-state index is 0.120. The van der Waals surface area contributed by atoms with Gasteiger partial charge in [-0.25, -0.2) is 0 Å². The molecule has 5 heteroatoms. The van der Waals surface area contributed by atoms with E-state index in [1.807, 2.05) is 24.0 Å². The summed E-state index contributed by atoms with van der Waals surface area (Å²) >= 11 is 7.09. The van der Waals surface area contributed by atoms with E-state index in [0.717, 1.165) is 27.6 Å². The van der Waals surface area contributed by atoms with Crippen LogP contribution < -0.4 is 5.32 Å². The molecule has 0 bridgehead atoms. The van der Waals surface area contributed by atoms with Gasteiger partial charge in [0.1, 0.15) is 0 Å². The Balaban J connectivity index is 2.36. The van der Waals surface area contributed by atoms with Crippen molar-refractivity contribution in [2.75, 3.05) is 6.54 Å². The smallest absolute Gasteiger partial charge is 0.0839 e. The van der Waals surface area contributed by atoms with Crippen LogP contribution in [-0.2, 0) is 7.05 Å². The molecule has 0 spiro atoms. The summed E-state index contributed by atoms with van der Waals surface area (Å²) in [5.41, 5.74) is 2.24. The molecule has 0 saturated carbocycles. The van der Waals surface area contributed by atoms with Crippen molar-refractivity contribution in [3.05, 3.63) is 50.7 Å². The van der Waals surface area contributed by atoms with Crippen LogP contribution in [0.5, 0.6) is 0 Å². The Kier molecular flexibility index (Phi) is 5.19. The van der Waals surface area contributed by atoms with Crippen LogP contribution in [0.25, 0.3) is 0 Å². The van der Waals surface area contributed by atoms with E-state index < -0.39 is 0 Å². The first-order valence-electron chi connectivity index (χ1n) is 6.29. The molecule has 1 atom stereocenters. The highest BCUT2D eigenvalue weighted by Crippen LogP contribution is 2.27. The van der Waals surface area contributed by atoms with Crippen LogP contribution in [0, 0.1) is 0 Å². The van der Waals surface area contributed by atoms with Gasteiger partial charge in [0, 0.05) is 22.2 Å². The molecule has 1 heterocycles. The monoisotopic (exact) mass is 385 g/mol. The molecule has 1 unspecified atom stereocenters. The van der Waals surface area contributed by atoms with Gasteiger partial charge in [-0.15, -0.1) is 0 Å². The normalized spacial score (nSPS) is 12.6. The molecule has 0 aliphatic heterocycles. The fourth-order valence-electron chi connectivity index (χ4n) is 2.01. The summed E-state index contributed by atoms with van der Waals surface area (Å²) in [5, 5.41) is 8.08. The second-order valence-corrected chi connectivity index (χ2v) is 6.34. The third-order valence-corrected chi connectivity index (χ3v) is 3.76. The average molecular weight is 387 g/mol. The van der Waals surface area contributed by atoms with Crippen LogP contribution in [0.1, 0.15) is 30.6 Å². The van der Waals surface area contributed by atoms with Gasteiger partial charge in [0.2, 0.25) is 0 Å². The highest BCUT2D eigenvalue weighted by molar-refractivity contribution is 9.11. The fourth-order valence-corrected chi connectivity index (χ4v) is 3.34. The lowest BCUT2D eigenvalue weighted by Crippen LogP contribution is -2.23. The highest BCUT2D eigenvalue weighted by Gasteiger charge is 2.16. The van der Waals surface area contributed by atoms with Gasteiger partial charge in [-0.1, -0.05) is 38.8 Å². The van der Waals surface area contributed by atoms with Gasteiger partial charge in [-0.3, -0.25) is 4.68 Å². The molecule has 0 radical (unpaired) electrons. The summed E-state index contributed by atoms with van der Waals surface area (Å²) < 4.78 is 3.97. The van der Waals surface area contributed by atoms with Gasteiger partial charge in [-0.05, 0) is 42.8 Å². The number of aromatic nitrogens is 2. The second kappa shape index (κ2) is 6.68. The number of benzene rings is 1. The molecule has 2 aromatic rings. The number of aryl methyl sites for hydroxylation is 1. The lowest BCUT2D eigenvalue weighted by atomic mass is 10.0. The number of nitrogens with one attached hydrogen (secondary N) is 1. The molecule has 2 rings (SSSR count). The zero-order chi connectivity index (χ0) is 13.8. The Bertz CT molecular complexity index is 531. The Morgan fingerprint density at radius 3 is 2.47 bits per heavy atom. The number of hydrogen-bond acceptors (Lipinski definition) is 2. The van der Waals surface area contributed by atoms with E-state index in [2.05, 4.69) is 67.4 Å². The molecule has 0 aliphatic rings. The standard InChI is InChI=1S/C14H17Br2N3/c1-3-5-17-14(13-4-6-19(2)18-13)10-7-11(15)9-12(16)8-10/h4,6-9,14,17H,3,5H2,1-2H3. The molecular weight excluding hydrogens is 370 g/mol. The minimum Gasteiger partial charge on any atom is -0.305 e. The zero-order valence-electron chi connectivity index (χ0n) is 11.0. The first-order chi connectivity index (χ1) is 9.10.